The number of rotatable bonds is 8. The van der Waals surface area contributed by atoms with E-state index in [-0.39, 0.29) is 12.5 Å². The average Bonchev–Trinajstić information content (AvgIpc) is 3.07. The van der Waals surface area contributed by atoms with Crippen molar-refractivity contribution in [2.45, 2.75) is 31.8 Å². The van der Waals surface area contributed by atoms with Crippen LogP contribution in [-0.4, -0.2) is 40.7 Å². The van der Waals surface area contributed by atoms with Gasteiger partial charge in [0.15, 0.2) is 0 Å². The van der Waals surface area contributed by atoms with Crippen LogP contribution in [0.15, 0.2) is 18.3 Å². The fourth-order valence-corrected chi connectivity index (χ4v) is 1.88. The highest BCUT2D eigenvalue weighted by atomic mass is 16.4. The normalized spacial score (nSPS) is 14.3. The van der Waals surface area contributed by atoms with Crippen LogP contribution in [0.4, 0.5) is 0 Å². The summed E-state index contributed by atoms with van der Waals surface area (Å²) in [7, 11) is 0. The minimum atomic E-state index is -0.959. The van der Waals surface area contributed by atoms with E-state index in [2.05, 4.69) is 10.6 Å². The van der Waals surface area contributed by atoms with Gasteiger partial charge >= 0.3 is 5.97 Å². The van der Waals surface area contributed by atoms with Gasteiger partial charge in [0.25, 0.3) is 5.91 Å². The van der Waals surface area contributed by atoms with Gasteiger partial charge < -0.3 is 20.3 Å². The Balaban J connectivity index is 1.72. The molecule has 6 heteroatoms. The van der Waals surface area contributed by atoms with Crippen LogP contribution in [0.3, 0.4) is 0 Å². The molecule has 1 amide bonds. The minimum Gasteiger partial charge on any atom is -0.480 e. The molecule has 19 heavy (non-hydrogen) atoms. The van der Waals surface area contributed by atoms with Crippen LogP contribution in [0, 0.1) is 0 Å². The zero-order valence-electron chi connectivity index (χ0n) is 10.8. The van der Waals surface area contributed by atoms with Gasteiger partial charge in [-0.3, -0.25) is 9.59 Å². The largest absolute Gasteiger partial charge is 0.480 e. The number of carboxylic acids is 1. The summed E-state index contributed by atoms with van der Waals surface area (Å²) in [5, 5.41) is 14.9. The lowest BCUT2D eigenvalue weighted by Crippen LogP contribution is -2.29. The SMILES string of the molecule is O=C(O)Cn1cccc1C(=O)NCCCNC1CC1. The minimum absolute atomic E-state index is 0.195. The summed E-state index contributed by atoms with van der Waals surface area (Å²) in [4.78, 5) is 22.5. The van der Waals surface area contributed by atoms with Crippen molar-refractivity contribution >= 4 is 11.9 Å². The summed E-state index contributed by atoms with van der Waals surface area (Å²) in [5.74, 6) is -1.18. The summed E-state index contributed by atoms with van der Waals surface area (Å²) >= 11 is 0. The number of carbonyl (C=O) groups excluding carboxylic acids is 1. The molecule has 1 aromatic rings. The van der Waals surface area contributed by atoms with Crippen molar-refractivity contribution in [3.05, 3.63) is 24.0 Å². The highest BCUT2D eigenvalue weighted by Crippen LogP contribution is 2.18. The van der Waals surface area contributed by atoms with Crippen LogP contribution >= 0.6 is 0 Å². The number of hydrogen-bond acceptors (Lipinski definition) is 3. The van der Waals surface area contributed by atoms with Gasteiger partial charge in [0, 0.05) is 18.8 Å². The second kappa shape index (κ2) is 6.38. The smallest absolute Gasteiger partial charge is 0.323 e. The van der Waals surface area contributed by atoms with Crippen LogP contribution in [0.5, 0.6) is 0 Å². The van der Waals surface area contributed by atoms with Crippen molar-refractivity contribution in [3.8, 4) is 0 Å². The molecule has 1 heterocycles. The maximum absolute atomic E-state index is 11.9. The first kappa shape index (κ1) is 13.6. The van der Waals surface area contributed by atoms with Crippen molar-refractivity contribution in [3.63, 3.8) is 0 Å². The molecule has 0 aromatic carbocycles. The van der Waals surface area contributed by atoms with E-state index >= 15 is 0 Å². The Labute approximate surface area is 111 Å². The summed E-state index contributed by atoms with van der Waals surface area (Å²) in [5.41, 5.74) is 0.387. The topological polar surface area (TPSA) is 83.4 Å². The standard InChI is InChI=1S/C13H19N3O3/c17-12(18)9-16-8-1-3-11(16)13(19)15-7-2-6-14-10-4-5-10/h1,3,8,10,14H,2,4-7,9H2,(H,15,19)(H,17,18). The van der Waals surface area contributed by atoms with E-state index in [4.69, 9.17) is 5.11 Å². The van der Waals surface area contributed by atoms with Crippen LogP contribution in [0.1, 0.15) is 29.8 Å². The average molecular weight is 265 g/mol. The molecule has 1 aromatic heterocycles. The first-order chi connectivity index (χ1) is 9.16. The maximum atomic E-state index is 11.9. The van der Waals surface area contributed by atoms with Gasteiger partial charge in [-0.25, -0.2) is 0 Å². The second-order valence-corrected chi connectivity index (χ2v) is 4.75. The number of amides is 1. The van der Waals surface area contributed by atoms with E-state index in [0.717, 1.165) is 13.0 Å². The van der Waals surface area contributed by atoms with E-state index < -0.39 is 5.97 Å². The number of carboxylic acid groups (broad SMARTS) is 1. The Morgan fingerprint density at radius 2 is 2.16 bits per heavy atom. The quantitative estimate of drug-likeness (QED) is 0.596. The maximum Gasteiger partial charge on any atom is 0.323 e. The van der Waals surface area contributed by atoms with Crippen LogP contribution in [0.2, 0.25) is 0 Å². The number of carbonyl (C=O) groups is 2. The summed E-state index contributed by atoms with van der Waals surface area (Å²) in [6.45, 7) is 1.30. The lowest BCUT2D eigenvalue weighted by molar-refractivity contribution is -0.137. The second-order valence-electron chi connectivity index (χ2n) is 4.75. The third-order valence-corrected chi connectivity index (χ3v) is 3.02. The molecular formula is C13H19N3O3. The molecule has 1 saturated carbocycles. The number of hydrogen-bond donors (Lipinski definition) is 3. The lowest BCUT2D eigenvalue weighted by atomic mass is 10.3. The predicted molar refractivity (Wildman–Crippen MR) is 70.0 cm³/mol. The Kier molecular flexibility index (Phi) is 4.57. The molecule has 6 nitrogen and oxygen atoms in total. The number of aromatic nitrogens is 1. The van der Waals surface area contributed by atoms with Crippen molar-refractivity contribution < 1.29 is 14.7 Å². The highest BCUT2D eigenvalue weighted by molar-refractivity contribution is 5.93. The fraction of sp³-hybridized carbons (Fsp3) is 0.538. The first-order valence-electron chi connectivity index (χ1n) is 6.55. The Hall–Kier alpha value is -1.82. The third kappa shape index (κ3) is 4.40. The molecule has 2 rings (SSSR count). The summed E-state index contributed by atoms with van der Waals surface area (Å²) in [6, 6.07) is 3.98. The van der Waals surface area contributed by atoms with Crippen LogP contribution in [-0.2, 0) is 11.3 Å². The summed E-state index contributed by atoms with van der Waals surface area (Å²) < 4.78 is 1.43. The Bertz CT molecular complexity index is 452. The molecule has 0 bridgehead atoms. The van der Waals surface area contributed by atoms with E-state index in [0.29, 0.717) is 18.3 Å². The van der Waals surface area contributed by atoms with E-state index in [1.54, 1.807) is 18.3 Å². The number of nitrogens with zero attached hydrogens (tertiary/aromatic N) is 1. The molecule has 104 valence electrons. The van der Waals surface area contributed by atoms with E-state index in [1.165, 1.54) is 17.4 Å². The number of aliphatic carboxylic acids is 1. The molecule has 1 aliphatic rings. The molecule has 0 aliphatic heterocycles. The molecule has 3 N–H and O–H groups in total. The lowest BCUT2D eigenvalue weighted by Gasteiger charge is -2.08. The van der Waals surface area contributed by atoms with Gasteiger partial charge in [0.05, 0.1) is 0 Å². The van der Waals surface area contributed by atoms with Crippen molar-refractivity contribution in [2.75, 3.05) is 13.1 Å². The highest BCUT2D eigenvalue weighted by Gasteiger charge is 2.19. The molecule has 0 spiro atoms. The van der Waals surface area contributed by atoms with Crippen LogP contribution in [0.25, 0.3) is 0 Å². The van der Waals surface area contributed by atoms with E-state index in [9.17, 15) is 9.59 Å². The van der Waals surface area contributed by atoms with Crippen LogP contribution < -0.4 is 10.6 Å². The van der Waals surface area contributed by atoms with Crippen molar-refractivity contribution in [2.24, 2.45) is 0 Å². The van der Waals surface area contributed by atoms with Gasteiger partial charge in [-0.2, -0.15) is 0 Å². The van der Waals surface area contributed by atoms with Crippen molar-refractivity contribution in [1.82, 2.24) is 15.2 Å². The fourth-order valence-electron chi connectivity index (χ4n) is 1.88. The molecule has 1 aliphatic carbocycles. The zero-order chi connectivity index (χ0) is 13.7. The molecule has 0 radical (unpaired) electrons. The van der Waals surface area contributed by atoms with Gasteiger partial charge in [0.2, 0.25) is 0 Å². The van der Waals surface area contributed by atoms with E-state index in [1.807, 2.05) is 0 Å². The van der Waals surface area contributed by atoms with Gasteiger partial charge in [-0.1, -0.05) is 0 Å². The Morgan fingerprint density at radius 3 is 2.84 bits per heavy atom. The molecule has 0 unspecified atom stereocenters. The van der Waals surface area contributed by atoms with Gasteiger partial charge in [-0.05, 0) is 37.9 Å². The molecular weight excluding hydrogens is 246 g/mol. The number of nitrogens with one attached hydrogen (secondary N) is 2. The monoisotopic (exact) mass is 265 g/mol. The zero-order valence-corrected chi connectivity index (χ0v) is 10.8. The Morgan fingerprint density at radius 1 is 1.37 bits per heavy atom. The van der Waals surface area contributed by atoms with Gasteiger partial charge in [0.1, 0.15) is 12.2 Å². The molecule has 1 fully saturated rings. The molecule has 0 atom stereocenters. The van der Waals surface area contributed by atoms with Crippen molar-refractivity contribution in [1.29, 1.82) is 0 Å². The third-order valence-electron chi connectivity index (χ3n) is 3.02. The first-order valence-corrected chi connectivity index (χ1v) is 6.55. The van der Waals surface area contributed by atoms with Gasteiger partial charge in [-0.15, -0.1) is 0 Å². The molecule has 0 saturated heterocycles. The summed E-state index contributed by atoms with van der Waals surface area (Å²) in [6.07, 6.45) is 4.99. The predicted octanol–water partition coefficient (Wildman–Crippen LogP) is 0.445.